The molecule has 12 heteroatoms. The number of benzene rings is 23. The minimum atomic E-state index is 0.876. The van der Waals surface area contributed by atoms with E-state index in [0.717, 1.165) is 216 Å². The Kier molecular flexibility index (Phi) is 20.1. The highest BCUT2D eigenvalue weighted by atomic mass is 32.1. The maximum Gasteiger partial charge on any atom is 0.136 e. The monoisotopic (exact) mass is 1870 g/mol. The highest BCUT2D eigenvalue weighted by molar-refractivity contribution is 7.26. The molecule has 0 radical (unpaired) electrons. The molecule has 0 N–H and O–H groups in total. The molecule has 0 unspecified atom stereocenters. The molecule has 0 aliphatic heterocycles. The molecule has 31 rings (SSSR count). The van der Waals surface area contributed by atoms with Crippen molar-refractivity contribution in [3.8, 4) is 90.1 Å². The van der Waals surface area contributed by atoms with E-state index in [0.29, 0.717) is 0 Å². The number of hydrogen-bond acceptors (Lipinski definition) is 12. The second-order valence-corrected chi connectivity index (χ2v) is 38.7. The van der Waals surface area contributed by atoms with Gasteiger partial charge in [0.1, 0.15) is 22.3 Å². The molecule has 0 aliphatic rings. The minimum absolute atomic E-state index is 0.876. The van der Waals surface area contributed by atoms with E-state index in [-0.39, 0.29) is 0 Å². The lowest BCUT2D eigenvalue weighted by Gasteiger charge is -2.13. The molecule has 31 aromatic rings. The summed E-state index contributed by atoms with van der Waals surface area (Å²) in [4.78, 5) is 41.5. The van der Waals surface area contributed by atoms with Gasteiger partial charge in [-0.25, -0.2) is 39.9 Å². The van der Waals surface area contributed by atoms with Crippen molar-refractivity contribution in [1.29, 1.82) is 0 Å². The van der Waals surface area contributed by atoms with E-state index >= 15 is 0 Å². The van der Waals surface area contributed by atoms with Crippen LogP contribution in [0.4, 0.5) is 0 Å². The zero-order valence-corrected chi connectivity index (χ0v) is 78.9. The van der Waals surface area contributed by atoms with Gasteiger partial charge in [-0.05, 0) is 175 Å². The Morgan fingerprint density at radius 3 is 0.792 bits per heavy atom. The summed E-state index contributed by atoms with van der Waals surface area (Å²) >= 11 is 3.71. The summed E-state index contributed by atoms with van der Waals surface area (Å²) in [5.74, 6) is 0. The van der Waals surface area contributed by atoms with Crippen LogP contribution in [0.15, 0.2) is 482 Å². The summed E-state index contributed by atoms with van der Waals surface area (Å²) in [5.41, 5.74) is 26.5. The van der Waals surface area contributed by atoms with Gasteiger partial charge in [0, 0.05) is 123 Å². The molecule has 8 heterocycles. The van der Waals surface area contributed by atoms with Crippen LogP contribution in [0.25, 0.3) is 294 Å². The Labute approximate surface area is 832 Å². The van der Waals surface area contributed by atoms with Crippen molar-refractivity contribution in [3.63, 3.8) is 0 Å². The Bertz CT molecular complexity index is 10700. The molecule has 0 spiro atoms. The van der Waals surface area contributed by atoms with Gasteiger partial charge in [0.25, 0.3) is 0 Å². The molecule has 0 bridgehead atoms. The molecule has 0 atom stereocenters. The summed E-state index contributed by atoms with van der Waals surface area (Å²) < 4.78 is 17.6. The van der Waals surface area contributed by atoms with E-state index in [1.54, 1.807) is 0 Å². The number of aromatic nitrogens is 8. The molecule has 0 amide bonds. The Morgan fingerprint density at radius 1 is 0.139 bits per heavy atom. The van der Waals surface area contributed by atoms with Crippen LogP contribution in [0.5, 0.6) is 0 Å². The average molecular weight is 1870 g/mol. The summed E-state index contributed by atoms with van der Waals surface area (Å²) in [7, 11) is 0. The summed E-state index contributed by atoms with van der Waals surface area (Å²) in [6, 6.07) is 165. The lowest BCUT2D eigenvalue weighted by atomic mass is 9.97. The molecular formula is C132H78N8O2S2. The lowest BCUT2D eigenvalue weighted by molar-refractivity contribution is 0.669. The highest BCUT2D eigenvalue weighted by Gasteiger charge is 2.24. The molecule has 0 saturated carbocycles. The number of para-hydroxylation sites is 4. The fourth-order valence-electron chi connectivity index (χ4n) is 21.0. The zero-order valence-electron chi connectivity index (χ0n) is 77.2. The molecule has 0 saturated heterocycles. The van der Waals surface area contributed by atoms with Crippen molar-refractivity contribution in [3.05, 3.63) is 473 Å². The maximum atomic E-state index is 6.18. The molecule has 670 valence electrons. The van der Waals surface area contributed by atoms with Crippen LogP contribution >= 0.6 is 22.7 Å². The lowest BCUT2D eigenvalue weighted by Crippen LogP contribution is -1.96. The highest BCUT2D eigenvalue weighted by Crippen LogP contribution is 2.47. The van der Waals surface area contributed by atoms with E-state index in [1.807, 2.05) is 120 Å². The molecule has 0 aliphatic carbocycles. The third-order valence-electron chi connectivity index (χ3n) is 27.9. The number of rotatable bonds is 8. The molecule has 10 nitrogen and oxygen atoms in total. The van der Waals surface area contributed by atoms with E-state index in [1.165, 1.54) is 78.0 Å². The molecule has 144 heavy (non-hydrogen) atoms. The normalized spacial score (nSPS) is 11.8. The van der Waals surface area contributed by atoms with E-state index in [4.69, 9.17) is 48.7 Å². The van der Waals surface area contributed by atoms with Gasteiger partial charge in [-0.1, -0.05) is 358 Å². The maximum absolute atomic E-state index is 6.18. The van der Waals surface area contributed by atoms with Gasteiger partial charge in [-0.2, -0.15) is 0 Å². The van der Waals surface area contributed by atoms with E-state index < -0.39 is 0 Å². The number of hydrogen-bond donors (Lipinski definition) is 0. The zero-order chi connectivity index (χ0) is 94.8. The first-order chi connectivity index (χ1) is 71.3. The Hall–Kier alpha value is -18.7. The minimum Gasteiger partial charge on any atom is -0.456 e. The second-order valence-electron chi connectivity index (χ2n) is 36.6. The molecule has 8 aromatic heterocycles. The third-order valence-corrected chi connectivity index (χ3v) is 30.2. The van der Waals surface area contributed by atoms with E-state index in [2.05, 4.69) is 376 Å². The number of thiophene rings is 2. The molecule has 23 aromatic carbocycles. The van der Waals surface area contributed by atoms with Gasteiger partial charge < -0.3 is 8.83 Å². The summed E-state index contributed by atoms with van der Waals surface area (Å²) in [6.07, 6.45) is 0. The smallest absolute Gasteiger partial charge is 0.136 e. The first-order valence-corrected chi connectivity index (χ1v) is 49.9. The van der Waals surface area contributed by atoms with Crippen molar-refractivity contribution in [2.45, 2.75) is 0 Å². The Balaban J connectivity index is 0.0000000935. The van der Waals surface area contributed by atoms with E-state index in [9.17, 15) is 0 Å². The van der Waals surface area contributed by atoms with Crippen molar-refractivity contribution in [2.24, 2.45) is 0 Å². The molecule has 0 fully saturated rings. The predicted molar refractivity (Wildman–Crippen MR) is 605 cm³/mol. The standard InChI is InChI=1S/2C34H20N2O.C34H20N2S.C30H18N2S/c1-2-9-22(10-3-1)32-33(35-29-17-16-21-8-4-5-11-26(21)34(29)36-32)24-15-14-23-19-28-27-12-6-7-13-30(27)37-31(28)20-25(23)18-24;1-2-9-22(10-3-1)32-33(36-34-26-11-5-4-8-21(26)16-17-29(34)35-32)24-15-14-23-19-28-27-12-6-7-13-30(27)37-31(28)20-25(23)18-24;1-2-9-23(10-3-1)32-33(35-28-18-16-21-8-4-5-11-25(21)34(28)36-32)24-15-14-22-17-19-30-31(27(22)20-24)26-12-6-7-13-29(26)37-30;1-2-8-20(9-3-1)29-30(32-25-12-6-5-11-24(25)31-29)21-15-14-19-16-17-27-28(23(19)18-21)22-10-4-7-13-26(22)33-27/h3*1-20H;1-18H. The summed E-state index contributed by atoms with van der Waals surface area (Å²) in [5, 5.41) is 26.2. The van der Waals surface area contributed by atoms with Gasteiger partial charge in [-0.15, -0.1) is 22.7 Å². The average Bonchev–Trinajstić information content (AvgIpc) is 1.14. The van der Waals surface area contributed by atoms with Gasteiger partial charge >= 0.3 is 0 Å². The van der Waals surface area contributed by atoms with Gasteiger partial charge in [0.2, 0.25) is 0 Å². The van der Waals surface area contributed by atoms with Crippen LogP contribution in [-0.4, -0.2) is 39.9 Å². The van der Waals surface area contributed by atoms with Crippen LogP contribution in [0.3, 0.4) is 0 Å². The summed E-state index contributed by atoms with van der Waals surface area (Å²) in [6.45, 7) is 0. The fraction of sp³-hybridized carbons (Fsp3) is 0. The first kappa shape index (κ1) is 83.4. The Morgan fingerprint density at radius 2 is 0.410 bits per heavy atom. The molecular weight excluding hydrogens is 1790 g/mol. The number of furan rings is 2. The van der Waals surface area contributed by atoms with Crippen molar-refractivity contribution < 1.29 is 8.83 Å². The van der Waals surface area contributed by atoms with Crippen molar-refractivity contribution >= 4 is 226 Å². The van der Waals surface area contributed by atoms with Crippen LogP contribution in [0.2, 0.25) is 0 Å². The van der Waals surface area contributed by atoms with Crippen molar-refractivity contribution in [2.75, 3.05) is 0 Å². The second kappa shape index (κ2) is 34.7. The van der Waals surface area contributed by atoms with Gasteiger partial charge in [0.05, 0.1) is 89.7 Å². The van der Waals surface area contributed by atoms with Gasteiger partial charge in [0.15, 0.2) is 0 Å². The van der Waals surface area contributed by atoms with Crippen LogP contribution in [0.1, 0.15) is 0 Å². The van der Waals surface area contributed by atoms with Crippen LogP contribution in [-0.2, 0) is 0 Å². The fourth-order valence-corrected chi connectivity index (χ4v) is 23.2. The van der Waals surface area contributed by atoms with Crippen molar-refractivity contribution in [1.82, 2.24) is 39.9 Å². The number of fused-ring (bicyclic) bond motifs is 28. The van der Waals surface area contributed by atoms with Crippen LogP contribution < -0.4 is 0 Å². The number of nitrogens with zero attached hydrogens (tertiary/aromatic N) is 8. The SMILES string of the molecule is c1ccc(-c2nc3c(ccc4ccccc43)nc2-c2ccc3cc4c(cc3c2)oc2ccccc24)cc1.c1ccc(-c2nc3c(ccc4ccccc43)nc2-c2ccc3ccc4sc5ccccc5c4c3c2)cc1.c1ccc(-c2nc3ccc4ccccc4c3nc2-c2ccc3cc4c(cc3c2)oc2ccccc24)cc1.c1ccc(-c2nc3ccccc3nc2-c2ccc3ccc4sc5ccccc5c4c3c2)cc1. The van der Waals surface area contributed by atoms with Gasteiger partial charge in [-0.3, -0.25) is 0 Å². The third kappa shape index (κ3) is 14.7. The predicted octanol–water partition coefficient (Wildman–Crippen LogP) is 36.5. The first-order valence-electron chi connectivity index (χ1n) is 48.3. The largest absolute Gasteiger partial charge is 0.456 e. The van der Waals surface area contributed by atoms with Crippen LogP contribution in [0, 0.1) is 0 Å². The quantitative estimate of drug-likeness (QED) is 0.136. The topological polar surface area (TPSA) is 129 Å².